The number of hydrogen-bond donors (Lipinski definition) is 10. The number of methoxy groups -OCH3 is 1. The molecule has 3 heterocycles. The van der Waals surface area contributed by atoms with Gasteiger partial charge in [-0.1, -0.05) is 0 Å². The minimum atomic E-state index is -1.77. The average molecular weight is 518 g/mol. The van der Waals surface area contributed by atoms with E-state index in [2.05, 4.69) is 0 Å². The fourth-order valence-corrected chi connectivity index (χ4v) is 4.03. The minimum absolute atomic E-state index is 0.490. The summed E-state index contributed by atoms with van der Waals surface area (Å²) >= 11 is 0. The molecule has 0 unspecified atom stereocenters. The van der Waals surface area contributed by atoms with Gasteiger partial charge in [0.1, 0.15) is 73.2 Å². The number of aliphatic hydroxyl groups excluding tert-OH is 10. The lowest BCUT2D eigenvalue weighted by atomic mass is 9.98. The first kappa shape index (κ1) is 28.9. The van der Waals surface area contributed by atoms with E-state index in [1.54, 1.807) is 0 Å². The van der Waals surface area contributed by atoms with Crippen LogP contribution in [0.3, 0.4) is 0 Å². The summed E-state index contributed by atoms with van der Waals surface area (Å²) in [5.41, 5.74) is 0. The standard InChI is InChI=1S/C19H34O16/c1-30-17-14(27)12(25)9(22)6(34-17)3-32-19-16(29)13(26)10(23)7(35-19)4-31-18-15(28)11(24)8(21)5(2-20)33-18/h5-29H,2-4H2,1H3/t5-,6-,7-,8+,9-,10-,11+,12+,13+,14-,15-,16-,17-,18-,19-/m1/s1. The molecule has 0 aromatic carbocycles. The Bertz CT molecular complexity index is 600. The fraction of sp³-hybridized carbons (Fsp3) is 1.00. The Balaban J connectivity index is 1.59. The smallest absolute Gasteiger partial charge is 0.186 e. The molecule has 3 fully saturated rings. The second-order valence-electron chi connectivity index (χ2n) is 8.63. The van der Waals surface area contributed by atoms with Crippen molar-refractivity contribution in [2.45, 2.75) is 92.1 Å². The first-order valence-corrected chi connectivity index (χ1v) is 11.0. The zero-order valence-corrected chi connectivity index (χ0v) is 18.7. The van der Waals surface area contributed by atoms with Gasteiger partial charge in [0.2, 0.25) is 0 Å². The van der Waals surface area contributed by atoms with Gasteiger partial charge in [-0.05, 0) is 0 Å². The molecule has 16 heteroatoms. The molecule has 0 spiro atoms. The van der Waals surface area contributed by atoms with Crippen LogP contribution in [0.1, 0.15) is 0 Å². The normalized spacial score (nSPS) is 51.3. The summed E-state index contributed by atoms with van der Waals surface area (Å²) in [6, 6.07) is 0. The first-order chi connectivity index (χ1) is 16.5. The number of aliphatic hydroxyl groups is 10. The maximum absolute atomic E-state index is 10.3. The van der Waals surface area contributed by atoms with Crippen molar-refractivity contribution in [1.29, 1.82) is 0 Å². The molecule has 206 valence electrons. The van der Waals surface area contributed by atoms with Gasteiger partial charge in [0.05, 0.1) is 19.8 Å². The van der Waals surface area contributed by atoms with Crippen LogP contribution in [-0.2, 0) is 28.4 Å². The van der Waals surface area contributed by atoms with Gasteiger partial charge in [-0.15, -0.1) is 0 Å². The number of hydrogen-bond acceptors (Lipinski definition) is 16. The van der Waals surface area contributed by atoms with E-state index >= 15 is 0 Å². The average Bonchev–Trinajstić information content (AvgIpc) is 2.85. The molecule has 0 saturated carbocycles. The second-order valence-corrected chi connectivity index (χ2v) is 8.63. The van der Waals surface area contributed by atoms with E-state index in [1.807, 2.05) is 0 Å². The van der Waals surface area contributed by atoms with E-state index in [-0.39, 0.29) is 0 Å². The van der Waals surface area contributed by atoms with Crippen molar-refractivity contribution >= 4 is 0 Å². The molecule has 16 nitrogen and oxygen atoms in total. The molecule has 10 N–H and O–H groups in total. The van der Waals surface area contributed by atoms with Gasteiger partial charge in [-0.2, -0.15) is 0 Å². The molecule has 3 aliphatic rings. The molecule has 0 bridgehead atoms. The van der Waals surface area contributed by atoms with Crippen LogP contribution in [0.5, 0.6) is 0 Å². The van der Waals surface area contributed by atoms with Gasteiger partial charge in [0.25, 0.3) is 0 Å². The van der Waals surface area contributed by atoms with Crippen molar-refractivity contribution in [1.82, 2.24) is 0 Å². The monoisotopic (exact) mass is 518 g/mol. The van der Waals surface area contributed by atoms with E-state index in [0.29, 0.717) is 0 Å². The van der Waals surface area contributed by atoms with Crippen LogP contribution in [0.2, 0.25) is 0 Å². The Morgan fingerprint density at radius 2 is 0.829 bits per heavy atom. The zero-order chi connectivity index (χ0) is 26.0. The molecule has 3 saturated heterocycles. The van der Waals surface area contributed by atoms with Crippen molar-refractivity contribution in [2.24, 2.45) is 0 Å². The Morgan fingerprint density at radius 3 is 1.23 bits per heavy atom. The summed E-state index contributed by atoms with van der Waals surface area (Å²) in [5, 5.41) is 99.5. The lowest BCUT2D eigenvalue weighted by Crippen LogP contribution is -2.62. The molecule has 0 aromatic rings. The van der Waals surface area contributed by atoms with Crippen LogP contribution in [-0.4, -0.2) is 170 Å². The zero-order valence-electron chi connectivity index (χ0n) is 18.7. The third kappa shape index (κ3) is 6.10. The number of ether oxygens (including phenoxy) is 6. The second kappa shape index (κ2) is 12.3. The summed E-state index contributed by atoms with van der Waals surface area (Å²) in [7, 11) is 1.21. The molecule has 3 aliphatic heterocycles. The molecular formula is C19H34O16. The largest absolute Gasteiger partial charge is 0.394 e. The van der Waals surface area contributed by atoms with E-state index in [0.717, 1.165) is 0 Å². The summed E-state index contributed by atoms with van der Waals surface area (Å²) in [6.45, 7) is -1.72. The van der Waals surface area contributed by atoms with Crippen molar-refractivity contribution in [2.75, 3.05) is 26.9 Å². The van der Waals surface area contributed by atoms with Gasteiger partial charge in [-0.25, -0.2) is 0 Å². The van der Waals surface area contributed by atoms with Crippen molar-refractivity contribution in [3.63, 3.8) is 0 Å². The van der Waals surface area contributed by atoms with Crippen molar-refractivity contribution in [3.8, 4) is 0 Å². The molecule has 15 atom stereocenters. The van der Waals surface area contributed by atoms with Crippen molar-refractivity contribution < 1.29 is 79.5 Å². The Labute approximate surface area is 199 Å². The van der Waals surface area contributed by atoms with Crippen LogP contribution < -0.4 is 0 Å². The highest BCUT2D eigenvalue weighted by atomic mass is 16.7. The molecule has 0 aliphatic carbocycles. The quantitative estimate of drug-likeness (QED) is 0.143. The third-order valence-electron chi connectivity index (χ3n) is 6.27. The topological polar surface area (TPSA) is 258 Å². The minimum Gasteiger partial charge on any atom is -0.394 e. The van der Waals surface area contributed by atoms with E-state index in [4.69, 9.17) is 28.4 Å². The SMILES string of the molecule is CO[C@@H]1O[C@H](CO[C@@H]2O[C@H](CO[C@@H]3O[C@H](CO)[C@H](O)[C@H](O)[C@H]3O)[C@@H](O)[C@H](O)[C@H]2O)[C@@H](O)[C@H](O)[C@H]1O. The lowest BCUT2D eigenvalue weighted by molar-refractivity contribution is -0.341. The van der Waals surface area contributed by atoms with Crippen LogP contribution in [0.4, 0.5) is 0 Å². The molecule has 0 aromatic heterocycles. The van der Waals surface area contributed by atoms with E-state index in [1.165, 1.54) is 7.11 Å². The van der Waals surface area contributed by atoms with Crippen LogP contribution in [0.25, 0.3) is 0 Å². The Kier molecular flexibility index (Phi) is 10.1. The molecule has 3 rings (SSSR count). The molecule has 0 amide bonds. The highest BCUT2D eigenvalue weighted by molar-refractivity contribution is 4.93. The Morgan fingerprint density at radius 1 is 0.486 bits per heavy atom. The lowest BCUT2D eigenvalue weighted by Gasteiger charge is -2.43. The predicted molar refractivity (Wildman–Crippen MR) is 106 cm³/mol. The molecule has 35 heavy (non-hydrogen) atoms. The predicted octanol–water partition coefficient (Wildman–Crippen LogP) is -6.92. The highest BCUT2D eigenvalue weighted by Gasteiger charge is 2.49. The van der Waals surface area contributed by atoms with Gasteiger partial charge in [0.15, 0.2) is 18.9 Å². The summed E-state index contributed by atoms with van der Waals surface area (Å²) < 4.78 is 31.6. The highest BCUT2D eigenvalue weighted by Crippen LogP contribution is 2.27. The van der Waals surface area contributed by atoms with Gasteiger partial charge < -0.3 is 79.5 Å². The summed E-state index contributed by atoms with van der Waals surface area (Å²) in [6.07, 6.45) is -23.1. The van der Waals surface area contributed by atoms with Gasteiger partial charge in [-0.3, -0.25) is 0 Å². The molecule has 0 radical (unpaired) electrons. The van der Waals surface area contributed by atoms with Crippen LogP contribution in [0.15, 0.2) is 0 Å². The summed E-state index contributed by atoms with van der Waals surface area (Å²) in [4.78, 5) is 0. The maximum atomic E-state index is 10.3. The fourth-order valence-electron chi connectivity index (χ4n) is 4.03. The Hall–Kier alpha value is -0.640. The summed E-state index contributed by atoms with van der Waals surface area (Å²) in [5.74, 6) is 0. The van der Waals surface area contributed by atoms with E-state index in [9.17, 15) is 51.1 Å². The number of rotatable bonds is 8. The van der Waals surface area contributed by atoms with Crippen molar-refractivity contribution in [3.05, 3.63) is 0 Å². The third-order valence-corrected chi connectivity index (χ3v) is 6.27. The maximum Gasteiger partial charge on any atom is 0.186 e. The van der Waals surface area contributed by atoms with Crippen LogP contribution in [0, 0.1) is 0 Å². The van der Waals surface area contributed by atoms with E-state index < -0.39 is 112 Å². The van der Waals surface area contributed by atoms with Gasteiger partial charge >= 0.3 is 0 Å². The molecular weight excluding hydrogens is 484 g/mol. The van der Waals surface area contributed by atoms with Crippen LogP contribution >= 0.6 is 0 Å². The van der Waals surface area contributed by atoms with Gasteiger partial charge in [0, 0.05) is 7.11 Å². The first-order valence-electron chi connectivity index (χ1n) is 11.0.